The van der Waals surface area contributed by atoms with Gasteiger partial charge in [0.25, 0.3) is 5.91 Å². The van der Waals surface area contributed by atoms with Gasteiger partial charge in [0.05, 0.1) is 17.3 Å². The number of nitrogens with one attached hydrogen (secondary N) is 1. The van der Waals surface area contributed by atoms with Gasteiger partial charge >= 0.3 is 6.18 Å². The Hall–Kier alpha value is -4.68. The van der Waals surface area contributed by atoms with Gasteiger partial charge in [0.1, 0.15) is 24.0 Å². The van der Waals surface area contributed by atoms with Crippen molar-refractivity contribution in [1.29, 1.82) is 0 Å². The number of nitrogens with zero attached hydrogens (tertiary/aromatic N) is 3. The number of alkyl halides is 3. The van der Waals surface area contributed by atoms with Crippen LogP contribution in [0.15, 0.2) is 54.7 Å². The van der Waals surface area contributed by atoms with Gasteiger partial charge in [-0.3, -0.25) is 19.3 Å². The third-order valence-electron chi connectivity index (χ3n) is 7.80. The van der Waals surface area contributed by atoms with E-state index in [1.165, 1.54) is 18.3 Å². The highest BCUT2D eigenvalue weighted by molar-refractivity contribution is 5.94. The van der Waals surface area contributed by atoms with E-state index in [-0.39, 0.29) is 47.1 Å². The summed E-state index contributed by atoms with van der Waals surface area (Å²) < 4.78 is 84.5. The van der Waals surface area contributed by atoms with E-state index in [1.54, 1.807) is 12.1 Å². The van der Waals surface area contributed by atoms with Crippen LogP contribution in [0, 0.1) is 23.4 Å². The molecule has 43 heavy (non-hydrogen) atoms. The highest BCUT2D eigenvalue weighted by Gasteiger charge is 2.53. The number of fused-ring (bicyclic) bond motifs is 3. The number of carbonyl (C=O) groups is 2. The van der Waals surface area contributed by atoms with E-state index in [2.05, 4.69) is 15.4 Å². The van der Waals surface area contributed by atoms with Crippen molar-refractivity contribution >= 4 is 11.8 Å². The van der Waals surface area contributed by atoms with Crippen molar-refractivity contribution < 1.29 is 35.9 Å². The Kier molecular flexibility index (Phi) is 6.98. The number of benzene rings is 2. The number of rotatable bonds is 8. The largest absolute Gasteiger partial charge is 0.435 e. The molecule has 1 saturated carbocycles. The van der Waals surface area contributed by atoms with Crippen molar-refractivity contribution in [2.75, 3.05) is 0 Å². The number of aromatic nitrogens is 3. The standard InChI is InChI=1S/C30H23F6N5O2/c31-17-6-14(7-18(32)12-17)8-24(26-19(2-1-5-38-26)15-3-4-23(33)21(9-15)29(37)43)39-25(42)13-41-27-20-10-16(20)11-22(27)28(40-41)30(34,35)36/h1-7,9,12,16,20,24H,8,10-11,13H2,(H2,37,43)(H,39,42)/t16-,20-,24-/m0/s1. The normalized spacial score (nSPS) is 17.7. The van der Waals surface area contributed by atoms with E-state index in [1.807, 2.05) is 0 Å². The molecule has 0 aliphatic heterocycles. The van der Waals surface area contributed by atoms with Crippen LogP contribution in [0.2, 0.25) is 0 Å². The van der Waals surface area contributed by atoms with E-state index >= 15 is 0 Å². The lowest BCUT2D eigenvalue weighted by Gasteiger charge is -2.22. The smallest absolute Gasteiger partial charge is 0.366 e. The fraction of sp³-hybridized carbons (Fsp3) is 0.267. The van der Waals surface area contributed by atoms with Crippen molar-refractivity contribution in [2.45, 2.75) is 43.9 Å². The molecule has 2 aromatic heterocycles. The quantitative estimate of drug-likeness (QED) is 0.271. The molecule has 0 unspecified atom stereocenters. The van der Waals surface area contributed by atoms with Crippen LogP contribution in [-0.4, -0.2) is 26.6 Å². The number of primary amides is 1. The van der Waals surface area contributed by atoms with E-state index in [4.69, 9.17) is 5.73 Å². The molecular formula is C30H23F6N5O2. The van der Waals surface area contributed by atoms with Crippen LogP contribution in [0.4, 0.5) is 26.3 Å². The maximum absolute atomic E-state index is 14.2. The summed E-state index contributed by atoms with van der Waals surface area (Å²) in [5.41, 5.74) is 5.48. The topological polar surface area (TPSA) is 103 Å². The molecule has 2 amide bonds. The molecule has 0 bridgehead atoms. The number of nitrogens with two attached hydrogens (primary N) is 1. The second kappa shape index (κ2) is 10.5. The van der Waals surface area contributed by atoms with Crippen LogP contribution in [-0.2, 0) is 30.4 Å². The van der Waals surface area contributed by atoms with Gasteiger partial charge in [-0.1, -0.05) is 12.1 Å². The first-order valence-electron chi connectivity index (χ1n) is 13.3. The minimum Gasteiger partial charge on any atom is -0.366 e. The van der Waals surface area contributed by atoms with Crippen LogP contribution in [0.1, 0.15) is 56.9 Å². The van der Waals surface area contributed by atoms with Crippen molar-refractivity contribution in [2.24, 2.45) is 11.7 Å². The first-order valence-corrected chi connectivity index (χ1v) is 13.3. The number of halogens is 6. The summed E-state index contributed by atoms with van der Waals surface area (Å²) in [5, 5.41) is 6.49. The number of amides is 2. The van der Waals surface area contributed by atoms with Crippen molar-refractivity contribution in [1.82, 2.24) is 20.1 Å². The molecule has 0 spiro atoms. The predicted molar refractivity (Wildman–Crippen MR) is 141 cm³/mol. The van der Waals surface area contributed by atoms with Crippen molar-refractivity contribution in [3.8, 4) is 11.1 Å². The summed E-state index contributed by atoms with van der Waals surface area (Å²) >= 11 is 0. The molecule has 2 heterocycles. The fourth-order valence-electron chi connectivity index (χ4n) is 5.92. The molecule has 2 aliphatic rings. The van der Waals surface area contributed by atoms with E-state index in [9.17, 15) is 35.9 Å². The summed E-state index contributed by atoms with van der Waals surface area (Å²) in [4.78, 5) is 29.6. The maximum Gasteiger partial charge on any atom is 0.435 e. The monoisotopic (exact) mass is 599 g/mol. The molecule has 7 nitrogen and oxygen atoms in total. The lowest BCUT2D eigenvalue weighted by Crippen LogP contribution is -2.34. The summed E-state index contributed by atoms with van der Waals surface area (Å²) in [7, 11) is 0. The first kappa shape index (κ1) is 28.4. The summed E-state index contributed by atoms with van der Waals surface area (Å²) in [5.74, 6) is -4.24. The lowest BCUT2D eigenvalue weighted by molar-refractivity contribution is -0.142. The van der Waals surface area contributed by atoms with Gasteiger partial charge in [-0.15, -0.1) is 0 Å². The summed E-state index contributed by atoms with van der Waals surface area (Å²) in [6.45, 7) is -0.528. The van der Waals surface area contributed by atoms with E-state index < -0.39 is 53.7 Å². The molecule has 2 aliphatic carbocycles. The zero-order valence-electron chi connectivity index (χ0n) is 22.3. The van der Waals surface area contributed by atoms with Gasteiger partial charge in [-0.25, -0.2) is 13.2 Å². The van der Waals surface area contributed by atoms with Gasteiger partial charge in [-0.2, -0.15) is 18.3 Å². The Labute approximate surface area is 240 Å². The Morgan fingerprint density at radius 1 is 1.07 bits per heavy atom. The van der Waals surface area contributed by atoms with Crippen LogP contribution in [0.3, 0.4) is 0 Å². The summed E-state index contributed by atoms with van der Waals surface area (Å²) in [6, 6.07) is 8.59. The Bertz CT molecular complexity index is 1750. The Morgan fingerprint density at radius 2 is 1.81 bits per heavy atom. The molecule has 1 fully saturated rings. The third-order valence-corrected chi connectivity index (χ3v) is 7.80. The van der Waals surface area contributed by atoms with Gasteiger partial charge < -0.3 is 11.1 Å². The van der Waals surface area contributed by atoms with Gasteiger partial charge in [-0.05, 0) is 66.6 Å². The molecule has 2 aromatic carbocycles. The maximum atomic E-state index is 14.2. The molecule has 0 radical (unpaired) electrons. The van der Waals surface area contributed by atoms with Crippen LogP contribution < -0.4 is 11.1 Å². The highest BCUT2D eigenvalue weighted by Crippen LogP contribution is 2.58. The molecule has 3 atom stereocenters. The lowest BCUT2D eigenvalue weighted by atomic mass is 9.94. The second-order valence-corrected chi connectivity index (χ2v) is 10.8. The number of pyridine rings is 1. The summed E-state index contributed by atoms with van der Waals surface area (Å²) in [6.07, 6.45) is -2.44. The second-order valence-electron chi connectivity index (χ2n) is 10.8. The number of hydrogen-bond donors (Lipinski definition) is 2. The number of hydrogen-bond acceptors (Lipinski definition) is 4. The van der Waals surface area contributed by atoms with Crippen LogP contribution >= 0.6 is 0 Å². The minimum atomic E-state index is -4.67. The fourth-order valence-corrected chi connectivity index (χ4v) is 5.92. The highest BCUT2D eigenvalue weighted by atomic mass is 19.4. The zero-order chi connectivity index (χ0) is 30.6. The van der Waals surface area contributed by atoms with Gasteiger partial charge in [0.15, 0.2) is 5.69 Å². The molecule has 222 valence electrons. The number of carbonyl (C=O) groups excluding carboxylic acids is 2. The van der Waals surface area contributed by atoms with Gasteiger partial charge in [0.2, 0.25) is 5.91 Å². The SMILES string of the molecule is NC(=O)c1cc(-c2cccnc2[C@H](Cc2cc(F)cc(F)c2)NC(=O)Cn2nc(C(F)(F)F)c3c2[C@H]2C[C@H]2C3)ccc1F. The zero-order valence-corrected chi connectivity index (χ0v) is 22.3. The van der Waals surface area contributed by atoms with E-state index in [0.29, 0.717) is 22.9 Å². The molecule has 0 saturated heterocycles. The average Bonchev–Trinajstić information content (AvgIpc) is 3.43. The Balaban J connectivity index is 1.36. The van der Waals surface area contributed by atoms with Crippen molar-refractivity contribution in [3.63, 3.8) is 0 Å². The molecular weight excluding hydrogens is 576 g/mol. The minimum absolute atomic E-state index is 0.0854. The molecule has 6 rings (SSSR count). The molecule has 4 aromatic rings. The first-order chi connectivity index (χ1) is 20.4. The Morgan fingerprint density at radius 3 is 2.51 bits per heavy atom. The van der Waals surface area contributed by atoms with Crippen molar-refractivity contribution in [3.05, 3.63) is 106 Å². The van der Waals surface area contributed by atoms with Crippen LogP contribution in [0.25, 0.3) is 11.1 Å². The third kappa shape index (κ3) is 5.58. The predicted octanol–water partition coefficient (Wildman–Crippen LogP) is 5.24. The van der Waals surface area contributed by atoms with Gasteiger partial charge in [0, 0.05) is 35.0 Å². The molecule has 13 heteroatoms. The van der Waals surface area contributed by atoms with E-state index in [0.717, 1.165) is 29.3 Å². The van der Waals surface area contributed by atoms with Crippen LogP contribution in [0.5, 0.6) is 0 Å². The molecule has 3 N–H and O–H groups in total. The average molecular weight is 600 g/mol.